The van der Waals surface area contributed by atoms with E-state index in [0.717, 1.165) is 38.8 Å². The molecule has 0 spiro atoms. The van der Waals surface area contributed by atoms with Crippen LogP contribution in [0.3, 0.4) is 0 Å². The van der Waals surface area contributed by atoms with E-state index in [1.807, 2.05) is 37.3 Å². The number of benzene rings is 1. The van der Waals surface area contributed by atoms with Gasteiger partial charge in [-0.1, -0.05) is 30.3 Å². The lowest BCUT2D eigenvalue weighted by molar-refractivity contribution is -0.00972. The summed E-state index contributed by atoms with van der Waals surface area (Å²) in [6, 6.07) is 10.0. The molecule has 2 N–H and O–H groups in total. The molecule has 164 valence electrons. The van der Waals surface area contributed by atoms with Gasteiger partial charge in [-0.15, -0.1) is 11.3 Å². The van der Waals surface area contributed by atoms with Gasteiger partial charge in [-0.3, -0.25) is 0 Å². The Bertz CT molecular complexity index is 963. The molecule has 0 unspecified atom stereocenters. The molecule has 31 heavy (non-hydrogen) atoms. The number of hydrogen-bond acceptors (Lipinski definition) is 4. The van der Waals surface area contributed by atoms with Crippen LogP contribution in [0.4, 0.5) is 5.00 Å². The minimum atomic E-state index is -0.300. The monoisotopic (exact) mass is 454 g/mol. The lowest BCUT2D eigenvalue weighted by Gasteiger charge is -2.57. The van der Waals surface area contributed by atoms with Gasteiger partial charge in [0.2, 0.25) is 0 Å². The van der Waals surface area contributed by atoms with Crippen LogP contribution in [0.1, 0.15) is 60.7 Å². The van der Waals surface area contributed by atoms with Gasteiger partial charge in [0, 0.05) is 16.0 Å². The number of anilines is 1. The van der Waals surface area contributed by atoms with Crippen molar-refractivity contribution >= 4 is 39.6 Å². The van der Waals surface area contributed by atoms with Crippen LogP contribution in [0.25, 0.3) is 11.1 Å². The quantitative estimate of drug-likeness (QED) is 0.419. The molecule has 1 aromatic carbocycles. The van der Waals surface area contributed by atoms with E-state index in [1.165, 1.54) is 38.5 Å². The second kappa shape index (κ2) is 8.21. The molecule has 0 saturated heterocycles. The van der Waals surface area contributed by atoms with Gasteiger partial charge in [0.25, 0.3) is 0 Å². The van der Waals surface area contributed by atoms with E-state index < -0.39 is 0 Å². The molecule has 6 rings (SSSR count). The number of ether oxygens (including phenoxy) is 1. The average Bonchev–Trinajstić information content (AvgIpc) is 3.02. The Morgan fingerprint density at radius 1 is 1.13 bits per heavy atom. The molecule has 4 bridgehead atoms. The molecule has 4 saturated carbocycles. The van der Waals surface area contributed by atoms with Crippen molar-refractivity contribution in [2.75, 3.05) is 11.9 Å². The summed E-state index contributed by atoms with van der Waals surface area (Å²) >= 11 is 7.35. The molecule has 0 amide bonds. The second-order valence-electron chi connectivity index (χ2n) is 9.60. The molecule has 4 nitrogen and oxygen atoms in total. The summed E-state index contributed by atoms with van der Waals surface area (Å²) in [7, 11) is 0. The van der Waals surface area contributed by atoms with E-state index in [4.69, 9.17) is 17.0 Å². The van der Waals surface area contributed by atoms with E-state index in [9.17, 15) is 4.79 Å². The Morgan fingerprint density at radius 2 is 1.74 bits per heavy atom. The zero-order chi connectivity index (χ0) is 21.6. The standard InChI is InChI=1S/C25H30N2O2S2/c1-3-29-23(28)21-20(19-7-5-4-6-8-19)15(2)31-22(21)26-24(30)27-25-12-16-9-17(13-25)11-18(10-16)14-25/h4-8,16-18H,3,9-14H2,1-2H3,(H2,26,27,30). The lowest BCUT2D eigenvalue weighted by atomic mass is 9.53. The highest BCUT2D eigenvalue weighted by Crippen LogP contribution is 2.55. The Kier molecular flexibility index (Phi) is 5.55. The summed E-state index contributed by atoms with van der Waals surface area (Å²) in [6.45, 7) is 4.24. The van der Waals surface area contributed by atoms with Crippen LogP contribution >= 0.6 is 23.6 Å². The zero-order valence-electron chi connectivity index (χ0n) is 18.2. The maximum Gasteiger partial charge on any atom is 0.341 e. The number of esters is 1. The number of carbonyl (C=O) groups excluding carboxylic acids is 1. The maximum atomic E-state index is 12.9. The Labute approximate surface area is 193 Å². The molecule has 4 aliphatic rings. The fourth-order valence-corrected chi connectivity index (χ4v) is 8.07. The normalized spacial score (nSPS) is 28.4. The van der Waals surface area contributed by atoms with E-state index in [0.29, 0.717) is 17.3 Å². The Morgan fingerprint density at radius 3 is 2.32 bits per heavy atom. The highest BCUT2D eigenvalue weighted by atomic mass is 32.1. The van der Waals surface area contributed by atoms with Crippen LogP contribution in [-0.4, -0.2) is 23.2 Å². The van der Waals surface area contributed by atoms with Crippen molar-refractivity contribution in [3.8, 4) is 11.1 Å². The number of carbonyl (C=O) groups is 1. The molecule has 4 fully saturated rings. The van der Waals surface area contributed by atoms with Crippen LogP contribution in [-0.2, 0) is 4.74 Å². The summed E-state index contributed by atoms with van der Waals surface area (Å²) in [6.07, 6.45) is 7.88. The lowest BCUT2D eigenvalue weighted by Crippen LogP contribution is -2.60. The van der Waals surface area contributed by atoms with Crippen LogP contribution in [0.2, 0.25) is 0 Å². The SMILES string of the molecule is CCOC(=O)c1c(NC(=S)NC23CC4CC(CC(C4)C2)C3)sc(C)c1-c1ccccc1. The molecule has 0 radical (unpaired) electrons. The smallest absolute Gasteiger partial charge is 0.341 e. The number of thiophene rings is 1. The van der Waals surface area contributed by atoms with Gasteiger partial charge in [0.1, 0.15) is 10.6 Å². The van der Waals surface area contributed by atoms with Crippen LogP contribution in [0.5, 0.6) is 0 Å². The summed E-state index contributed by atoms with van der Waals surface area (Å²) < 4.78 is 5.42. The van der Waals surface area contributed by atoms with E-state index >= 15 is 0 Å². The Balaban J connectivity index is 1.41. The molecule has 6 heteroatoms. The van der Waals surface area contributed by atoms with E-state index in [2.05, 4.69) is 17.6 Å². The topological polar surface area (TPSA) is 50.4 Å². The first-order chi connectivity index (χ1) is 15.0. The fourth-order valence-electron chi connectivity index (χ4n) is 6.62. The number of hydrogen-bond donors (Lipinski definition) is 2. The minimum absolute atomic E-state index is 0.136. The zero-order valence-corrected chi connectivity index (χ0v) is 19.8. The van der Waals surface area contributed by atoms with Gasteiger partial charge >= 0.3 is 5.97 Å². The van der Waals surface area contributed by atoms with Crippen molar-refractivity contribution in [2.24, 2.45) is 17.8 Å². The largest absolute Gasteiger partial charge is 0.462 e. The van der Waals surface area contributed by atoms with Gasteiger partial charge in [-0.2, -0.15) is 0 Å². The highest BCUT2D eigenvalue weighted by Gasteiger charge is 2.51. The van der Waals surface area contributed by atoms with Crippen LogP contribution < -0.4 is 10.6 Å². The minimum Gasteiger partial charge on any atom is -0.462 e. The average molecular weight is 455 g/mol. The number of aryl methyl sites for hydroxylation is 1. The summed E-state index contributed by atoms with van der Waals surface area (Å²) in [4.78, 5) is 14.0. The molecule has 0 atom stereocenters. The van der Waals surface area contributed by atoms with Crippen molar-refractivity contribution in [3.05, 3.63) is 40.8 Å². The number of nitrogens with one attached hydrogen (secondary N) is 2. The van der Waals surface area contributed by atoms with Gasteiger partial charge in [-0.05, 0) is 87.9 Å². The predicted molar refractivity (Wildman–Crippen MR) is 131 cm³/mol. The van der Waals surface area contributed by atoms with E-state index in [-0.39, 0.29) is 11.5 Å². The summed E-state index contributed by atoms with van der Waals surface area (Å²) in [5.74, 6) is 2.26. The van der Waals surface area contributed by atoms with Crippen molar-refractivity contribution in [2.45, 2.75) is 57.9 Å². The third-order valence-electron chi connectivity index (χ3n) is 7.27. The van der Waals surface area contributed by atoms with Gasteiger partial charge in [0.15, 0.2) is 5.11 Å². The maximum absolute atomic E-state index is 12.9. The van der Waals surface area contributed by atoms with Crippen LogP contribution in [0.15, 0.2) is 30.3 Å². The molecule has 4 aliphatic carbocycles. The molecule has 1 aromatic heterocycles. The van der Waals surface area contributed by atoms with Gasteiger partial charge in [-0.25, -0.2) is 4.79 Å². The first-order valence-corrected chi connectivity index (χ1v) is 12.6. The van der Waals surface area contributed by atoms with Crippen molar-refractivity contribution in [3.63, 3.8) is 0 Å². The molecule has 2 aromatic rings. The van der Waals surface area contributed by atoms with Crippen molar-refractivity contribution in [1.29, 1.82) is 0 Å². The fraction of sp³-hybridized carbons (Fsp3) is 0.520. The molecule has 0 aliphatic heterocycles. The summed E-state index contributed by atoms with van der Waals surface area (Å²) in [5.41, 5.74) is 2.68. The van der Waals surface area contributed by atoms with E-state index in [1.54, 1.807) is 11.3 Å². The number of thiocarbonyl (C=S) groups is 1. The third-order valence-corrected chi connectivity index (χ3v) is 8.50. The predicted octanol–water partition coefficient (Wildman–Crippen LogP) is 6.16. The first kappa shape index (κ1) is 21.0. The third kappa shape index (κ3) is 4.00. The van der Waals surface area contributed by atoms with Crippen molar-refractivity contribution in [1.82, 2.24) is 5.32 Å². The summed E-state index contributed by atoms with van der Waals surface area (Å²) in [5, 5.41) is 8.52. The Hall–Kier alpha value is -1.92. The van der Waals surface area contributed by atoms with Crippen LogP contribution in [0, 0.1) is 24.7 Å². The second-order valence-corrected chi connectivity index (χ2v) is 11.2. The highest BCUT2D eigenvalue weighted by molar-refractivity contribution is 7.80. The molecule has 1 heterocycles. The van der Waals surface area contributed by atoms with Crippen molar-refractivity contribution < 1.29 is 9.53 Å². The number of rotatable bonds is 5. The molecular weight excluding hydrogens is 424 g/mol. The van der Waals surface area contributed by atoms with Gasteiger partial charge < -0.3 is 15.4 Å². The van der Waals surface area contributed by atoms with Gasteiger partial charge in [0.05, 0.1) is 6.61 Å². The first-order valence-electron chi connectivity index (χ1n) is 11.4. The molecular formula is C25H30N2O2S2.